The number of rotatable bonds is 11. The Morgan fingerprint density at radius 1 is 1.11 bits per heavy atom. The molecule has 9 nitrogen and oxygen atoms in total. The average Bonchev–Trinajstić information content (AvgIpc) is 3.66. The molecule has 0 saturated heterocycles. The maximum Gasteiger partial charge on any atom is 0.270 e. The van der Waals surface area contributed by atoms with Crippen molar-refractivity contribution in [1.29, 1.82) is 0 Å². The van der Waals surface area contributed by atoms with Gasteiger partial charge in [0.15, 0.2) is 0 Å². The number of carbonyl (C=O) groups excluding carboxylic acids is 2. The van der Waals surface area contributed by atoms with Crippen LogP contribution in [-0.2, 0) is 29.7 Å². The van der Waals surface area contributed by atoms with Crippen LogP contribution in [0.5, 0.6) is 0 Å². The Labute approximate surface area is 268 Å². The zero-order chi connectivity index (χ0) is 31.6. The first-order valence-electron chi connectivity index (χ1n) is 15.0. The molecule has 1 aliphatic rings. The van der Waals surface area contributed by atoms with Crippen molar-refractivity contribution in [2.45, 2.75) is 71.1 Å². The van der Waals surface area contributed by atoms with Crippen molar-refractivity contribution < 1.29 is 14.3 Å². The summed E-state index contributed by atoms with van der Waals surface area (Å²) >= 11 is 3.57. The predicted molar refractivity (Wildman–Crippen MR) is 180 cm³/mol. The number of hydrogen-bond donors (Lipinski definition) is 2. The van der Waals surface area contributed by atoms with E-state index >= 15 is 0 Å². The number of anilines is 1. The summed E-state index contributed by atoms with van der Waals surface area (Å²) in [6.45, 7) is 12.3. The Morgan fingerprint density at radius 2 is 1.86 bits per heavy atom. The van der Waals surface area contributed by atoms with Gasteiger partial charge < -0.3 is 15.4 Å². The number of ether oxygens (including phenoxy) is 1. The van der Waals surface area contributed by atoms with E-state index in [-0.39, 0.29) is 17.7 Å². The van der Waals surface area contributed by atoms with Gasteiger partial charge >= 0.3 is 0 Å². The van der Waals surface area contributed by atoms with E-state index in [1.807, 2.05) is 41.9 Å². The van der Waals surface area contributed by atoms with E-state index in [1.54, 1.807) is 19.3 Å². The van der Waals surface area contributed by atoms with Crippen LogP contribution in [-0.4, -0.2) is 52.1 Å². The highest BCUT2D eigenvalue weighted by Crippen LogP contribution is 2.38. The minimum atomic E-state index is -1.15. The van der Waals surface area contributed by atoms with Crippen molar-refractivity contribution in [2.24, 2.45) is 7.05 Å². The lowest BCUT2D eigenvalue weighted by atomic mass is 9.92. The van der Waals surface area contributed by atoms with E-state index in [2.05, 4.69) is 70.4 Å². The molecule has 0 fully saturated rings. The minimum Gasteiger partial charge on any atom is -0.360 e. The topological polar surface area (TPSA) is 103 Å². The third kappa shape index (κ3) is 7.22. The van der Waals surface area contributed by atoms with E-state index < -0.39 is 14.1 Å². The molecule has 232 valence electrons. The summed E-state index contributed by atoms with van der Waals surface area (Å²) in [5, 5.41) is 14.9. The predicted octanol–water partition coefficient (Wildman–Crippen LogP) is 6.44. The molecular formula is C33H41BrN6O3Si. The lowest BCUT2D eigenvalue weighted by Gasteiger charge is -2.25. The molecule has 1 aliphatic carbocycles. The van der Waals surface area contributed by atoms with E-state index in [1.165, 1.54) is 10.2 Å². The second-order valence-electron chi connectivity index (χ2n) is 12.7. The molecule has 2 amide bonds. The molecule has 2 aromatic carbocycles. The normalized spacial score (nSPS) is 15.2. The van der Waals surface area contributed by atoms with E-state index in [0.717, 1.165) is 58.0 Å². The Kier molecular flexibility index (Phi) is 9.57. The summed E-state index contributed by atoms with van der Waals surface area (Å²) in [7, 11) is 0.559. The Bertz CT molecular complexity index is 1660. The van der Waals surface area contributed by atoms with Crippen molar-refractivity contribution in [3.8, 4) is 11.1 Å². The van der Waals surface area contributed by atoms with Crippen LogP contribution in [0.2, 0.25) is 25.7 Å². The summed E-state index contributed by atoms with van der Waals surface area (Å²) in [4.78, 5) is 27.1. The summed E-state index contributed by atoms with van der Waals surface area (Å²) in [6, 6.07) is 15.9. The first-order chi connectivity index (χ1) is 20.9. The molecule has 0 bridgehead atoms. The molecule has 2 aromatic heterocycles. The second kappa shape index (κ2) is 13.2. The zero-order valence-electron chi connectivity index (χ0n) is 26.3. The van der Waals surface area contributed by atoms with Gasteiger partial charge in [0, 0.05) is 55.3 Å². The molecule has 2 heterocycles. The van der Waals surface area contributed by atoms with Crippen molar-refractivity contribution in [2.75, 3.05) is 11.9 Å². The summed E-state index contributed by atoms with van der Waals surface area (Å²) < 4.78 is 10.3. The van der Waals surface area contributed by atoms with Crippen LogP contribution >= 0.6 is 15.9 Å². The first kappa shape index (κ1) is 31.9. The van der Waals surface area contributed by atoms with Gasteiger partial charge in [-0.25, -0.2) is 4.68 Å². The highest BCUT2D eigenvalue weighted by molar-refractivity contribution is 9.10. The molecule has 44 heavy (non-hydrogen) atoms. The van der Waals surface area contributed by atoms with Crippen LogP contribution in [0.3, 0.4) is 0 Å². The van der Waals surface area contributed by atoms with Gasteiger partial charge in [0.05, 0.1) is 5.69 Å². The van der Waals surface area contributed by atoms with Crippen molar-refractivity contribution in [3.05, 3.63) is 87.4 Å². The van der Waals surface area contributed by atoms with E-state index in [9.17, 15) is 9.59 Å². The van der Waals surface area contributed by atoms with Crippen LogP contribution in [0.4, 0.5) is 5.69 Å². The molecule has 5 rings (SSSR count). The second-order valence-corrected chi connectivity index (χ2v) is 19.3. The SMILES string of the molecule is Cc1nn(COCC[Si](C)(C)C)c(C)c1-c1ccc(NC(=O)C(NC(=O)c2ccnn2C)[C@@H]2CCc3ccc(Br)cc32)cc1. The fourth-order valence-corrected chi connectivity index (χ4v) is 6.96. The number of nitrogens with one attached hydrogen (secondary N) is 2. The van der Waals surface area contributed by atoms with Crippen LogP contribution in [0.15, 0.2) is 59.2 Å². The summed E-state index contributed by atoms with van der Waals surface area (Å²) in [5.41, 5.74) is 7.37. The molecule has 0 radical (unpaired) electrons. The maximum absolute atomic E-state index is 13.9. The van der Waals surface area contributed by atoms with Crippen LogP contribution < -0.4 is 10.6 Å². The first-order valence-corrected chi connectivity index (χ1v) is 19.5. The number of hydrogen-bond acceptors (Lipinski definition) is 5. The maximum atomic E-state index is 13.9. The van der Waals surface area contributed by atoms with Crippen LogP contribution in [0, 0.1) is 13.8 Å². The molecule has 11 heteroatoms. The number of aromatic nitrogens is 4. The molecule has 0 spiro atoms. The molecule has 1 unspecified atom stereocenters. The monoisotopic (exact) mass is 676 g/mol. The summed E-state index contributed by atoms with van der Waals surface area (Å²) in [5.74, 6) is -0.763. The fourth-order valence-electron chi connectivity index (χ4n) is 5.82. The lowest BCUT2D eigenvalue weighted by Crippen LogP contribution is -2.47. The number of nitrogens with zero attached hydrogens (tertiary/aromatic N) is 4. The Balaban J connectivity index is 1.32. The fraction of sp³-hybridized carbons (Fsp3) is 0.394. The van der Waals surface area contributed by atoms with Crippen molar-refractivity contribution in [1.82, 2.24) is 24.9 Å². The third-order valence-electron chi connectivity index (χ3n) is 8.29. The van der Waals surface area contributed by atoms with Crippen molar-refractivity contribution >= 4 is 41.5 Å². The van der Waals surface area contributed by atoms with Gasteiger partial charge in [0.2, 0.25) is 5.91 Å². The van der Waals surface area contributed by atoms with Gasteiger partial charge in [0.1, 0.15) is 18.5 Å². The largest absolute Gasteiger partial charge is 0.360 e. The highest BCUT2D eigenvalue weighted by Gasteiger charge is 2.36. The van der Waals surface area contributed by atoms with Crippen molar-refractivity contribution in [3.63, 3.8) is 0 Å². The number of carbonyl (C=O) groups is 2. The van der Waals surface area contributed by atoms with E-state index in [0.29, 0.717) is 18.1 Å². The van der Waals surface area contributed by atoms with Gasteiger partial charge in [-0.15, -0.1) is 0 Å². The average molecular weight is 678 g/mol. The van der Waals surface area contributed by atoms with Crippen LogP contribution in [0.1, 0.15) is 45.3 Å². The number of fused-ring (bicyclic) bond motifs is 1. The third-order valence-corrected chi connectivity index (χ3v) is 10.5. The lowest BCUT2D eigenvalue weighted by molar-refractivity contribution is -0.118. The molecule has 2 N–H and O–H groups in total. The molecule has 2 atom stereocenters. The van der Waals surface area contributed by atoms with Gasteiger partial charge in [-0.05, 0) is 79.8 Å². The molecule has 0 aliphatic heterocycles. The standard InChI is InChI=1S/C33H41BrN6O3Si/c1-21-30(22(2)40(38-21)20-43-17-18-44(4,5)6)24-8-12-26(13-9-24)36-33(42)31(37-32(41)29-15-16-35-39(29)3)27-14-10-23-7-11-25(34)19-28(23)27/h7-9,11-13,15-16,19,27,31H,10,14,17-18,20H2,1-6H3,(H,36,42)(H,37,41)/t27-,31?/m1/s1. The van der Waals surface area contributed by atoms with Gasteiger partial charge in [0.25, 0.3) is 5.91 Å². The summed E-state index contributed by atoms with van der Waals surface area (Å²) in [6.07, 6.45) is 3.18. The van der Waals surface area contributed by atoms with E-state index in [4.69, 9.17) is 9.84 Å². The van der Waals surface area contributed by atoms with Crippen LogP contribution in [0.25, 0.3) is 11.1 Å². The number of amides is 2. The van der Waals surface area contributed by atoms with Gasteiger partial charge in [-0.2, -0.15) is 10.2 Å². The Hall–Kier alpha value is -3.54. The zero-order valence-corrected chi connectivity index (χ0v) is 28.9. The molecule has 0 saturated carbocycles. The molecular weight excluding hydrogens is 636 g/mol. The quantitative estimate of drug-likeness (QED) is 0.141. The number of benzene rings is 2. The smallest absolute Gasteiger partial charge is 0.270 e. The van der Waals surface area contributed by atoms with Gasteiger partial charge in [-0.1, -0.05) is 53.8 Å². The number of halogens is 1. The number of aryl methyl sites for hydroxylation is 3. The van der Waals surface area contributed by atoms with Gasteiger partial charge in [-0.3, -0.25) is 14.3 Å². The molecule has 4 aromatic rings. The Morgan fingerprint density at radius 3 is 2.55 bits per heavy atom. The minimum absolute atomic E-state index is 0.164. The highest BCUT2D eigenvalue weighted by atomic mass is 79.9.